The molecule has 0 unspecified atom stereocenters. The van der Waals surface area contributed by atoms with E-state index in [0.29, 0.717) is 5.06 Å². The van der Waals surface area contributed by atoms with Gasteiger partial charge in [0, 0.05) is 14.1 Å². The fourth-order valence-corrected chi connectivity index (χ4v) is 1.36. The topological polar surface area (TPSA) is 91.9 Å². The van der Waals surface area contributed by atoms with Crippen LogP contribution in [0.3, 0.4) is 0 Å². The number of anilines is 2. The molecule has 0 spiro atoms. The van der Waals surface area contributed by atoms with Crippen molar-refractivity contribution in [3.05, 3.63) is 20.8 Å². The van der Waals surface area contributed by atoms with Gasteiger partial charge in [0.25, 0.3) is 5.56 Å². The van der Waals surface area contributed by atoms with Crippen LogP contribution in [0.15, 0.2) is 14.7 Å². The number of hydroxylamine groups is 1. The van der Waals surface area contributed by atoms with Crippen LogP contribution in [0.5, 0.6) is 0 Å². The molecule has 0 aliphatic carbocycles. The summed E-state index contributed by atoms with van der Waals surface area (Å²) in [6.07, 6.45) is 1.04. The highest BCUT2D eigenvalue weighted by Crippen LogP contribution is 2.19. The molecule has 2 rings (SSSR count). The SMILES string of the molecule is Cn1c2c(c(=O)n(C)c1=O)N(O)C=NN2. The van der Waals surface area contributed by atoms with Crippen molar-refractivity contribution in [2.24, 2.45) is 19.2 Å². The van der Waals surface area contributed by atoms with Crippen molar-refractivity contribution in [1.29, 1.82) is 0 Å². The minimum absolute atomic E-state index is 0.0328. The molecule has 0 aromatic carbocycles. The van der Waals surface area contributed by atoms with E-state index in [4.69, 9.17) is 0 Å². The Labute approximate surface area is 83.6 Å². The largest absolute Gasteiger partial charge is 0.332 e. The Kier molecular flexibility index (Phi) is 1.86. The van der Waals surface area contributed by atoms with Crippen molar-refractivity contribution in [3.8, 4) is 0 Å². The van der Waals surface area contributed by atoms with E-state index in [-0.39, 0.29) is 11.5 Å². The molecule has 0 saturated carbocycles. The van der Waals surface area contributed by atoms with Gasteiger partial charge < -0.3 is 0 Å². The third-order valence-electron chi connectivity index (χ3n) is 2.21. The van der Waals surface area contributed by atoms with Crippen LogP contribution in [0.4, 0.5) is 11.5 Å². The highest BCUT2D eigenvalue weighted by Gasteiger charge is 2.21. The summed E-state index contributed by atoms with van der Waals surface area (Å²) in [5.41, 5.74) is 1.38. The average Bonchev–Trinajstić information content (AvgIpc) is 2.23. The Bertz CT molecular complexity index is 555. The summed E-state index contributed by atoms with van der Waals surface area (Å²) >= 11 is 0. The number of fused-ring (bicyclic) bond motifs is 1. The quantitative estimate of drug-likeness (QED) is 0.553. The number of aromatic nitrogens is 2. The van der Waals surface area contributed by atoms with Crippen LogP contribution in [0.1, 0.15) is 0 Å². The highest BCUT2D eigenvalue weighted by molar-refractivity contribution is 5.85. The second-order valence-electron chi connectivity index (χ2n) is 3.10. The maximum Gasteiger partial charge on any atom is 0.332 e. The van der Waals surface area contributed by atoms with E-state index >= 15 is 0 Å². The molecule has 0 amide bonds. The van der Waals surface area contributed by atoms with Crippen molar-refractivity contribution >= 4 is 17.8 Å². The van der Waals surface area contributed by atoms with Crippen LogP contribution >= 0.6 is 0 Å². The van der Waals surface area contributed by atoms with E-state index in [0.717, 1.165) is 10.9 Å². The Balaban J connectivity index is 2.91. The van der Waals surface area contributed by atoms with E-state index < -0.39 is 11.2 Å². The Morgan fingerprint density at radius 3 is 2.67 bits per heavy atom. The molecule has 0 atom stereocenters. The number of hydrogen-bond acceptors (Lipinski definition) is 6. The van der Waals surface area contributed by atoms with Gasteiger partial charge in [-0.15, -0.1) is 0 Å². The number of nitrogens with zero attached hydrogens (tertiary/aromatic N) is 4. The van der Waals surface area contributed by atoms with E-state index in [1.807, 2.05) is 0 Å². The first-order valence-corrected chi connectivity index (χ1v) is 4.11. The molecule has 1 aromatic rings. The summed E-state index contributed by atoms with van der Waals surface area (Å²) in [5, 5.41) is 13.5. The molecule has 0 radical (unpaired) electrons. The Hall–Kier alpha value is -2.09. The molecule has 15 heavy (non-hydrogen) atoms. The lowest BCUT2D eigenvalue weighted by molar-refractivity contribution is 0.313. The van der Waals surface area contributed by atoms with Crippen LogP contribution in [0, 0.1) is 0 Å². The van der Waals surface area contributed by atoms with Crippen LogP contribution in [-0.2, 0) is 14.1 Å². The summed E-state index contributed by atoms with van der Waals surface area (Å²) in [7, 11) is 2.81. The third kappa shape index (κ3) is 1.15. The van der Waals surface area contributed by atoms with Gasteiger partial charge in [-0.3, -0.25) is 24.6 Å². The van der Waals surface area contributed by atoms with E-state index in [1.165, 1.54) is 18.7 Å². The zero-order valence-corrected chi connectivity index (χ0v) is 8.13. The molecule has 1 aromatic heterocycles. The molecule has 0 fully saturated rings. The van der Waals surface area contributed by atoms with E-state index in [9.17, 15) is 14.8 Å². The van der Waals surface area contributed by atoms with Gasteiger partial charge in [0.05, 0.1) is 0 Å². The average molecular weight is 211 g/mol. The van der Waals surface area contributed by atoms with Gasteiger partial charge in [-0.05, 0) is 0 Å². The summed E-state index contributed by atoms with van der Waals surface area (Å²) in [4.78, 5) is 23.1. The third-order valence-corrected chi connectivity index (χ3v) is 2.21. The van der Waals surface area contributed by atoms with Crippen molar-refractivity contribution in [1.82, 2.24) is 9.13 Å². The van der Waals surface area contributed by atoms with E-state index in [1.54, 1.807) is 0 Å². The fraction of sp³-hybridized carbons (Fsp3) is 0.286. The highest BCUT2D eigenvalue weighted by atomic mass is 16.5. The molecule has 2 N–H and O–H groups in total. The van der Waals surface area contributed by atoms with Gasteiger partial charge in [0.15, 0.2) is 11.5 Å². The summed E-state index contributed by atoms with van der Waals surface area (Å²) < 4.78 is 2.10. The molecular weight excluding hydrogens is 202 g/mol. The summed E-state index contributed by atoms with van der Waals surface area (Å²) in [5.74, 6) is 0.160. The molecule has 0 bridgehead atoms. The molecule has 8 heteroatoms. The van der Waals surface area contributed by atoms with Crippen LogP contribution < -0.4 is 21.7 Å². The van der Waals surface area contributed by atoms with Gasteiger partial charge in [0.1, 0.15) is 6.34 Å². The van der Waals surface area contributed by atoms with Crippen LogP contribution in [0.25, 0.3) is 0 Å². The van der Waals surface area contributed by atoms with Crippen molar-refractivity contribution in [2.45, 2.75) is 0 Å². The lowest BCUT2D eigenvalue weighted by Crippen LogP contribution is -2.42. The zero-order valence-electron chi connectivity index (χ0n) is 8.13. The van der Waals surface area contributed by atoms with Gasteiger partial charge >= 0.3 is 5.69 Å². The van der Waals surface area contributed by atoms with Crippen LogP contribution in [-0.4, -0.2) is 20.7 Å². The van der Waals surface area contributed by atoms with Gasteiger partial charge in [-0.25, -0.2) is 9.86 Å². The molecule has 0 saturated heterocycles. The Morgan fingerprint density at radius 1 is 1.33 bits per heavy atom. The van der Waals surface area contributed by atoms with Gasteiger partial charge in [-0.1, -0.05) is 0 Å². The van der Waals surface area contributed by atoms with Crippen molar-refractivity contribution in [2.75, 3.05) is 10.5 Å². The minimum atomic E-state index is -0.589. The summed E-state index contributed by atoms with van der Waals surface area (Å²) in [6, 6.07) is 0. The monoisotopic (exact) mass is 211 g/mol. The number of nitrogens with one attached hydrogen (secondary N) is 1. The molecule has 2 heterocycles. The van der Waals surface area contributed by atoms with Gasteiger partial charge in [-0.2, -0.15) is 5.10 Å². The maximum atomic E-state index is 11.6. The zero-order chi connectivity index (χ0) is 11.2. The first kappa shape index (κ1) is 9.46. The van der Waals surface area contributed by atoms with E-state index in [2.05, 4.69) is 10.5 Å². The fourth-order valence-electron chi connectivity index (χ4n) is 1.36. The number of hydrogen-bond donors (Lipinski definition) is 2. The van der Waals surface area contributed by atoms with Crippen molar-refractivity contribution < 1.29 is 5.21 Å². The lowest BCUT2D eigenvalue weighted by atomic mass is 10.4. The summed E-state index contributed by atoms with van der Waals surface area (Å²) in [6.45, 7) is 0. The predicted octanol–water partition coefficient (Wildman–Crippen LogP) is -1.35. The normalized spacial score (nSPS) is 13.7. The second kappa shape index (κ2) is 2.95. The van der Waals surface area contributed by atoms with Crippen molar-refractivity contribution in [3.63, 3.8) is 0 Å². The molecule has 1 aliphatic rings. The predicted molar refractivity (Wildman–Crippen MR) is 53.3 cm³/mol. The Morgan fingerprint density at radius 2 is 2.00 bits per heavy atom. The standard InChI is InChI=1S/C7H9N5O3/c1-10-5-4(12(15)3-8-9-5)6(13)11(2)7(10)14/h3,9,15H,1-2H3. The smallest absolute Gasteiger partial charge is 0.282 e. The second-order valence-corrected chi connectivity index (χ2v) is 3.10. The van der Waals surface area contributed by atoms with Gasteiger partial charge in [0.2, 0.25) is 0 Å². The maximum absolute atomic E-state index is 11.6. The first-order valence-electron chi connectivity index (χ1n) is 4.11. The first-order chi connectivity index (χ1) is 7.04. The molecule has 1 aliphatic heterocycles. The minimum Gasteiger partial charge on any atom is -0.282 e. The number of hydrazone groups is 1. The lowest BCUT2D eigenvalue weighted by Gasteiger charge is -2.21. The van der Waals surface area contributed by atoms with Crippen LogP contribution in [0.2, 0.25) is 0 Å². The number of rotatable bonds is 0. The molecular formula is C7H9N5O3. The molecule has 8 nitrogen and oxygen atoms in total. The molecule has 80 valence electrons.